The second kappa shape index (κ2) is 5.98. The number of aryl methyl sites for hydroxylation is 2. The van der Waals surface area contributed by atoms with E-state index in [9.17, 15) is 5.11 Å². The molecule has 0 aliphatic heterocycles. The van der Waals surface area contributed by atoms with Gasteiger partial charge in [0.2, 0.25) is 0 Å². The van der Waals surface area contributed by atoms with Crippen LogP contribution in [0.25, 0.3) is 0 Å². The number of aliphatic hydroxyl groups is 1. The van der Waals surface area contributed by atoms with Gasteiger partial charge in [0.25, 0.3) is 0 Å². The standard InChI is InChI=1S/C19H25NO/c1-13-10-14(2)18(20-12-13)17(21)11-15-6-8-16(9-7-15)19(3,4)5/h6-10,12,17,21H,11H2,1-5H3. The largest absolute Gasteiger partial charge is 0.386 e. The lowest BCUT2D eigenvalue weighted by Gasteiger charge is -2.19. The maximum Gasteiger partial charge on any atom is 0.100 e. The van der Waals surface area contributed by atoms with Gasteiger partial charge >= 0.3 is 0 Å². The molecule has 1 atom stereocenters. The van der Waals surface area contributed by atoms with Crippen LogP contribution >= 0.6 is 0 Å². The van der Waals surface area contributed by atoms with Crippen molar-refractivity contribution in [2.24, 2.45) is 0 Å². The molecule has 2 nitrogen and oxygen atoms in total. The predicted molar refractivity (Wildman–Crippen MR) is 87.5 cm³/mol. The number of aliphatic hydroxyl groups excluding tert-OH is 1. The van der Waals surface area contributed by atoms with Crippen molar-refractivity contribution in [1.29, 1.82) is 0 Å². The molecule has 2 aromatic rings. The van der Waals surface area contributed by atoms with Crippen molar-refractivity contribution in [2.45, 2.75) is 52.6 Å². The Balaban J connectivity index is 2.14. The summed E-state index contributed by atoms with van der Waals surface area (Å²) in [6.07, 6.45) is 1.86. The Labute approximate surface area is 127 Å². The minimum atomic E-state index is -0.550. The summed E-state index contributed by atoms with van der Waals surface area (Å²) in [6, 6.07) is 10.6. The minimum absolute atomic E-state index is 0.159. The molecule has 1 aromatic carbocycles. The molecule has 1 heterocycles. The molecule has 0 amide bonds. The maximum absolute atomic E-state index is 10.4. The third-order valence-corrected chi connectivity index (χ3v) is 3.82. The number of aromatic nitrogens is 1. The highest BCUT2D eigenvalue weighted by Crippen LogP contribution is 2.24. The molecule has 0 aliphatic carbocycles. The first-order valence-corrected chi connectivity index (χ1v) is 7.48. The van der Waals surface area contributed by atoms with E-state index < -0.39 is 6.10 Å². The van der Waals surface area contributed by atoms with Crippen LogP contribution in [-0.4, -0.2) is 10.1 Å². The molecule has 1 N–H and O–H groups in total. The molecule has 0 radical (unpaired) electrons. The first-order valence-electron chi connectivity index (χ1n) is 7.48. The van der Waals surface area contributed by atoms with Crippen LogP contribution < -0.4 is 0 Å². The fraction of sp³-hybridized carbons (Fsp3) is 0.421. The van der Waals surface area contributed by atoms with E-state index in [0.29, 0.717) is 6.42 Å². The smallest absolute Gasteiger partial charge is 0.100 e. The fourth-order valence-electron chi connectivity index (χ4n) is 2.54. The lowest BCUT2D eigenvalue weighted by Crippen LogP contribution is -2.11. The van der Waals surface area contributed by atoms with Crippen molar-refractivity contribution in [3.05, 3.63) is 64.5 Å². The van der Waals surface area contributed by atoms with Gasteiger partial charge in [-0.2, -0.15) is 0 Å². The second-order valence-electron chi connectivity index (χ2n) is 6.88. The highest BCUT2D eigenvalue weighted by molar-refractivity contribution is 5.30. The Kier molecular flexibility index (Phi) is 4.48. The monoisotopic (exact) mass is 283 g/mol. The number of nitrogens with zero attached hydrogens (tertiary/aromatic N) is 1. The molecule has 2 rings (SSSR count). The van der Waals surface area contributed by atoms with Crippen molar-refractivity contribution >= 4 is 0 Å². The molecule has 0 bridgehead atoms. The molecule has 1 aromatic heterocycles. The number of pyridine rings is 1. The first-order chi connectivity index (χ1) is 9.77. The normalized spacial score (nSPS) is 13.2. The van der Waals surface area contributed by atoms with Crippen LogP contribution in [0.5, 0.6) is 0 Å². The minimum Gasteiger partial charge on any atom is -0.386 e. The SMILES string of the molecule is Cc1cnc(C(O)Cc2ccc(C(C)(C)C)cc2)c(C)c1. The summed E-state index contributed by atoms with van der Waals surface area (Å²) in [6.45, 7) is 10.6. The average Bonchev–Trinajstić information content (AvgIpc) is 2.38. The van der Waals surface area contributed by atoms with Gasteiger partial charge in [-0.1, -0.05) is 51.1 Å². The van der Waals surface area contributed by atoms with E-state index in [1.165, 1.54) is 5.56 Å². The number of hydrogen-bond donors (Lipinski definition) is 1. The van der Waals surface area contributed by atoms with Gasteiger partial charge < -0.3 is 5.11 Å². The van der Waals surface area contributed by atoms with Crippen LogP contribution in [0, 0.1) is 13.8 Å². The van der Waals surface area contributed by atoms with Gasteiger partial charge in [-0.25, -0.2) is 0 Å². The summed E-state index contributed by atoms with van der Waals surface area (Å²) >= 11 is 0. The number of hydrogen-bond acceptors (Lipinski definition) is 2. The van der Waals surface area contributed by atoms with Crippen LogP contribution in [-0.2, 0) is 11.8 Å². The number of benzene rings is 1. The van der Waals surface area contributed by atoms with E-state index in [-0.39, 0.29) is 5.41 Å². The lowest BCUT2D eigenvalue weighted by atomic mass is 9.86. The average molecular weight is 283 g/mol. The van der Waals surface area contributed by atoms with Crippen molar-refractivity contribution in [1.82, 2.24) is 4.98 Å². The molecular formula is C19H25NO. The van der Waals surface area contributed by atoms with Crippen LogP contribution in [0.3, 0.4) is 0 Å². The van der Waals surface area contributed by atoms with Crippen LogP contribution in [0.1, 0.15) is 54.8 Å². The summed E-state index contributed by atoms with van der Waals surface area (Å²) in [5, 5.41) is 10.4. The second-order valence-corrected chi connectivity index (χ2v) is 6.88. The van der Waals surface area contributed by atoms with Crippen LogP contribution in [0.4, 0.5) is 0 Å². The Morgan fingerprint density at radius 3 is 2.24 bits per heavy atom. The summed E-state index contributed by atoms with van der Waals surface area (Å²) in [7, 11) is 0. The molecule has 0 fully saturated rings. The Morgan fingerprint density at radius 1 is 1.10 bits per heavy atom. The highest BCUT2D eigenvalue weighted by atomic mass is 16.3. The van der Waals surface area contributed by atoms with E-state index in [4.69, 9.17) is 0 Å². The van der Waals surface area contributed by atoms with E-state index in [0.717, 1.165) is 22.4 Å². The van der Waals surface area contributed by atoms with Gasteiger partial charge in [0.1, 0.15) is 6.10 Å². The number of rotatable bonds is 3. The van der Waals surface area contributed by atoms with Gasteiger partial charge in [0, 0.05) is 12.6 Å². The Bertz CT molecular complexity index is 608. The zero-order valence-corrected chi connectivity index (χ0v) is 13.6. The Morgan fingerprint density at radius 2 is 1.71 bits per heavy atom. The fourth-order valence-corrected chi connectivity index (χ4v) is 2.54. The lowest BCUT2D eigenvalue weighted by molar-refractivity contribution is 0.173. The summed E-state index contributed by atoms with van der Waals surface area (Å²) in [4.78, 5) is 4.38. The molecule has 2 heteroatoms. The highest BCUT2D eigenvalue weighted by Gasteiger charge is 2.15. The van der Waals surface area contributed by atoms with E-state index in [1.54, 1.807) is 0 Å². The van der Waals surface area contributed by atoms with Gasteiger partial charge in [-0.15, -0.1) is 0 Å². The molecule has 0 saturated heterocycles. The molecule has 21 heavy (non-hydrogen) atoms. The van der Waals surface area contributed by atoms with Crippen molar-refractivity contribution in [2.75, 3.05) is 0 Å². The molecule has 0 spiro atoms. The van der Waals surface area contributed by atoms with Crippen LogP contribution in [0.15, 0.2) is 36.5 Å². The maximum atomic E-state index is 10.4. The van der Waals surface area contributed by atoms with Crippen molar-refractivity contribution in [3.8, 4) is 0 Å². The van der Waals surface area contributed by atoms with Gasteiger partial charge in [-0.05, 0) is 41.5 Å². The molecule has 0 saturated carbocycles. The molecule has 112 valence electrons. The predicted octanol–water partition coefficient (Wildman–Crippen LogP) is 4.27. The topological polar surface area (TPSA) is 33.1 Å². The molecular weight excluding hydrogens is 258 g/mol. The Hall–Kier alpha value is -1.67. The van der Waals surface area contributed by atoms with Crippen molar-refractivity contribution < 1.29 is 5.11 Å². The third kappa shape index (κ3) is 3.92. The van der Waals surface area contributed by atoms with E-state index in [1.807, 2.05) is 20.0 Å². The van der Waals surface area contributed by atoms with Gasteiger partial charge in [-0.3, -0.25) is 4.98 Å². The van der Waals surface area contributed by atoms with Gasteiger partial charge in [0.05, 0.1) is 5.69 Å². The molecule has 0 aliphatic rings. The zero-order valence-electron chi connectivity index (χ0n) is 13.6. The quantitative estimate of drug-likeness (QED) is 0.912. The molecule has 1 unspecified atom stereocenters. The first kappa shape index (κ1) is 15.7. The summed E-state index contributed by atoms with van der Waals surface area (Å²) in [5.41, 5.74) is 5.56. The third-order valence-electron chi connectivity index (χ3n) is 3.82. The van der Waals surface area contributed by atoms with Gasteiger partial charge in [0.15, 0.2) is 0 Å². The zero-order chi connectivity index (χ0) is 15.6. The van der Waals surface area contributed by atoms with Crippen LogP contribution in [0.2, 0.25) is 0 Å². The summed E-state index contributed by atoms with van der Waals surface area (Å²) < 4.78 is 0. The summed E-state index contributed by atoms with van der Waals surface area (Å²) in [5.74, 6) is 0. The van der Waals surface area contributed by atoms with Crippen molar-refractivity contribution in [3.63, 3.8) is 0 Å². The van der Waals surface area contributed by atoms with E-state index in [2.05, 4.69) is 56.1 Å². The van der Waals surface area contributed by atoms with E-state index >= 15 is 0 Å².